The van der Waals surface area contributed by atoms with Crippen LogP contribution in [0.5, 0.6) is 0 Å². The number of carbonyl (C=O) groups excluding carboxylic acids is 2. The Bertz CT molecular complexity index is 838. The molecule has 2 amide bonds. The molecule has 4 nitrogen and oxygen atoms in total. The van der Waals surface area contributed by atoms with E-state index < -0.39 is 34.4 Å². The van der Waals surface area contributed by atoms with Crippen molar-refractivity contribution in [3.63, 3.8) is 0 Å². The summed E-state index contributed by atoms with van der Waals surface area (Å²) in [5.41, 5.74) is -0.583. The molecule has 27 heavy (non-hydrogen) atoms. The van der Waals surface area contributed by atoms with Gasteiger partial charge in [0.2, 0.25) is 11.8 Å². The number of rotatable bonds is 5. The first kappa shape index (κ1) is 20.7. The van der Waals surface area contributed by atoms with Crippen molar-refractivity contribution in [2.45, 2.75) is 12.6 Å². The average molecular weight is 403 g/mol. The number of benzene rings is 2. The number of likely N-dealkylation sites (N-methyl/N-ethyl adjacent to an activating group) is 1. The van der Waals surface area contributed by atoms with E-state index in [1.807, 2.05) is 0 Å². The molecule has 0 spiro atoms. The maximum Gasteiger partial charge on any atom is 0.417 e. The fourth-order valence-corrected chi connectivity index (χ4v) is 2.46. The topological polar surface area (TPSA) is 49.4 Å². The van der Waals surface area contributed by atoms with Crippen LogP contribution in [0.4, 0.5) is 23.2 Å². The van der Waals surface area contributed by atoms with Crippen LogP contribution in [-0.4, -0.2) is 30.3 Å². The Hall–Kier alpha value is -2.61. The number of halogens is 5. The van der Waals surface area contributed by atoms with Crippen molar-refractivity contribution >= 4 is 29.1 Å². The molecule has 0 aliphatic rings. The third-order valence-electron chi connectivity index (χ3n) is 3.63. The molecule has 144 valence electrons. The molecule has 9 heteroatoms. The van der Waals surface area contributed by atoms with Crippen molar-refractivity contribution < 1.29 is 27.2 Å². The highest BCUT2D eigenvalue weighted by Gasteiger charge is 2.33. The van der Waals surface area contributed by atoms with Crippen LogP contribution in [0.25, 0.3) is 0 Å². The Balaban J connectivity index is 1.96. The summed E-state index contributed by atoms with van der Waals surface area (Å²) in [6, 6.07) is 8.32. The van der Waals surface area contributed by atoms with Crippen molar-refractivity contribution in [2.75, 3.05) is 18.9 Å². The van der Waals surface area contributed by atoms with Gasteiger partial charge in [0.25, 0.3) is 0 Å². The van der Waals surface area contributed by atoms with Gasteiger partial charge in [-0.3, -0.25) is 9.59 Å². The molecule has 0 bridgehead atoms. The lowest BCUT2D eigenvalue weighted by Crippen LogP contribution is -2.35. The van der Waals surface area contributed by atoms with Crippen LogP contribution in [0.1, 0.15) is 11.1 Å². The van der Waals surface area contributed by atoms with Gasteiger partial charge in [-0.2, -0.15) is 13.2 Å². The minimum atomic E-state index is -4.65. The van der Waals surface area contributed by atoms with Crippen LogP contribution in [0.3, 0.4) is 0 Å². The van der Waals surface area contributed by atoms with Crippen LogP contribution in [0.15, 0.2) is 42.5 Å². The molecule has 0 aliphatic carbocycles. The minimum Gasteiger partial charge on any atom is -0.336 e. The van der Waals surface area contributed by atoms with Crippen LogP contribution in [0, 0.1) is 5.82 Å². The SMILES string of the molecule is CN(CC(=O)Nc1ccc(Cl)c(C(F)(F)F)c1)C(=O)Cc1ccc(F)cc1. The summed E-state index contributed by atoms with van der Waals surface area (Å²) in [7, 11) is 1.38. The number of amides is 2. The molecule has 1 N–H and O–H groups in total. The zero-order valence-electron chi connectivity index (χ0n) is 14.1. The number of nitrogens with one attached hydrogen (secondary N) is 1. The van der Waals surface area contributed by atoms with Gasteiger partial charge >= 0.3 is 6.18 Å². The molecular formula is C18H15ClF4N2O2. The summed E-state index contributed by atoms with van der Waals surface area (Å²) >= 11 is 5.52. The fraction of sp³-hybridized carbons (Fsp3) is 0.222. The summed E-state index contributed by atoms with van der Waals surface area (Å²) in [6.45, 7) is -0.357. The molecule has 0 saturated carbocycles. The Morgan fingerprint density at radius 2 is 1.74 bits per heavy atom. The highest BCUT2D eigenvalue weighted by molar-refractivity contribution is 6.31. The average Bonchev–Trinajstić information content (AvgIpc) is 2.57. The van der Waals surface area contributed by atoms with Crippen molar-refractivity contribution in [3.8, 4) is 0 Å². The predicted molar refractivity (Wildman–Crippen MR) is 92.8 cm³/mol. The summed E-state index contributed by atoms with van der Waals surface area (Å²) in [5.74, 6) is -1.50. The predicted octanol–water partition coefficient (Wildman–Crippen LogP) is 4.14. The molecule has 0 aliphatic heterocycles. The van der Waals surface area contributed by atoms with E-state index in [1.165, 1.54) is 37.4 Å². The lowest BCUT2D eigenvalue weighted by molar-refractivity contribution is -0.137. The number of hydrogen-bond acceptors (Lipinski definition) is 2. The Labute approximate surface area is 157 Å². The second-order valence-corrected chi connectivity index (χ2v) is 6.20. The van der Waals surface area contributed by atoms with Gasteiger partial charge in [0.05, 0.1) is 23.6 Å². The fourth-order valence-electron chi connectivity index (χ4n) is 2.24. The molecule has 0 aromatic heterocycles. The number of alkyl halides is 3. The maximum atomic E-state index is 12.9. The summed E-state index contributed by atoms with van der Waals surface area (Å²) in [6.07, 6.45) is -4.69. The van der Waals surface area contributed by atoms with E-state index in [-0.39, 0.29) is 18.7 Å². The van der Waals surface area contributed by atoms with Crippen molar-refractivity contribution in [2.24, 2.45) is 0 Å². The van der Waals surface area contributed by atoms with Crippen LogP contribution >= 0.6 is 11.6 Å². The van der Waals surface area contributed by atoms with E-state index in [0.29, 0.717) is 5.56 Å². The molecule has 0 atom stereocenters. The minimum absolute atomic E-state index is 0.0385. The summed E-state index contributed by atoms with van der Waals surface area (Å²) in [4.78, 5) is 25.2. The highest BCUT2D eigenvalue weighted by Crippen LogP contribution is 2.36. The van der Waals surface area contributed by atoms with Gasteiger partial charge in [-0.05, 0) is 35.9 Å². The third kappa shape index (κ3) is 5.96. The summed E-state index contributed by atoms with van der Waals surface area (Å²) in [5, 5.41) is 1.82. The van der Waals surface area contributed by atoms with Gasteiger partial charge < -0.3 is 10.2 Å². The van der Waals surface area contributed by atoms with Gasteiger partial charge in [-0.25, -0.2) is 4.39 Å². The van der Waals surface area contributed by atoms with Gasteiger partial charge in [0.15, 0.2) is 0 Å². The molecule has 0 saturated heterocycles. The largest absolute Gasteiger partial charge is 0.417 e. The van der Waals surface area contributed by atoms with Crippen molar-refractivity contribution in [3.05, 3.63) is 64.4 Å². The normalized spacial score (nSPS) is 11.2. The summed E-state index contributed by atoms with van der Waals surface area (Å²) < 4.78 is 51.4. The van der Waals surface area contributed by atoms with Gasteiger partial charge in [-0.15, -0.1) is 0 Å². The monoisotopic (exact) mass is 402 g/mol. The zero-order valence-corrected chi connectivity index (χ0v) is 14.9. The van der Waals surface area contributed by atoms with E-state index in [9.17, 15) is 27.2 Å². The molecular weight excluding hydrogens is 388 g/mol. The van der Waals surface area contributed by atoms with E-state index in [2.05, 4.69) is 5.32 Å². The first-order chi connectivity index (χ1) is 12.6. The number of hydrogen-bond donors (Lipinski definition) is 1. The zero-order chi connectivity index (χ0) is 20.2. The third-order valence-corrected chi connectivity index (χ3v) is 3.96. The number of nitrogens with zero attached hydrogens (tertiary/aromatic N) is 1. The molecule has 0 heterocycles. The maximum absolute atomic E-state index is 12.9. The van der Waals surface area contributed by atoms with Gasteiger partial charge in [-0.1, -0.05) is 23.7 Å². The van der Waals surface area contributed by atoms with Crippen LogP contribution < -0.4 is 5.32 Å². The van der Waals surface area contributed by atoms with Crippen molar-refractivity contribution in [1.29, 1.82) is 0 Å². The van der Waals surface area contributed by atoms with E-state index in [0.717, 1.165) is 17.0 Å². The van der Waals surface area contributed by atoms with Crippen LogP contribution in [0.2, 0.25) is 5.02 Å². The second kappa shape index (κ2) is 8.39. The smallest absolute Gasteiger partial charge is 0.336 e. The molecule has 2 aromatic rings. The molecule has 0 fully saturated rings. The first-order valence-electron chi connectivity index (χ1n) is 7.71. The van der Waals surface area contributed by atoms with Gasteiger partial charge in [0.1, 0.15) is 5.82 Å². The van der Waals surface area contributed by atoms with Gasteiger partial charge in [0, 0.05) is 12.7 Å². The Morgan fingerprint density at radius 1 is 1.11 bits per heavy atom. The lowest BCUT2D eigenvalue weighted by Gasteiger charge is -2.17. The van der Waals surface area contributed by atoms with Crippen LogP contribution in [-0.2, 0) is 22.2 Å². The first-order valence-corrected chi connectivity index (χ1v) is 8.09. The Kier molecular flexibility index (Phi) is 6.43. The van der Waals surface area contributed by atoms with E-state index >= 15 is 0 Å². The second-order valence-electron chi connectivity index (χ2n) is 5.79. The molecule has 2 rings (SSSR count). The number of anilines is 1. The molecule has 2 aromatic carbocycles. The van der Waals surface area contributed by atoms with E-state index in [1.54, 1.807) is 0 Å². The standard InChI is InChI=1S/C18H15ClF4N2O2/c1-25(17(27)8-11-2-4-12(20)5-3-11)10-16(26)24-13-6-7-15(19)14(9-13)18(21,22)23/h2-7,9H,8,10H2,1H3,(H,24,26). The molecule has 0 unspecified atom stereocenters. The highest BCUT2D eigenvalue weighted by atomic mass is 35.5. The Morgan fingerprint density at radius 3 is 2.33 bits per heavy atom. The van der Waals surface area contributed by atoms with E-state index in [4.69, 9.17) is 11.6 Å². The molecule has 0 radical (unpaired) electrons. The quantitative estimate of drug-likeness (QED) is 0.764. The lowest BCUT2D eigenvalue weighted by atomic mass is 10.1. The van der Waals surface area contributed by atoms with Crippen molar-refractivity contribution in [1.82, 2.24) is 4.90 Å². The number of carbonyl (C=O) groups is 2.